The molecule has 0 nitrogen and oxygen atoms in total. The van der Waals surface area contributed by atoms with Crippen LogP contribution in [0.5, 0.6) is 0 Å². The summed E-state index contributed by atoms with van der Waals surface area (Å²) in [4.78, 5) is 0. The highest BCUT2D eigenvalue weighted by Gasteiger charge is 1.94. The van der Waals surface area contributed by atoms with Gasteiger partial charge in [0.2, 0.25) is 0 Å². The fourth-order valence-corrected chi connectivity index (χ4v) is 2.31. The second-order valence-corrected chi connectivity index (χ2v) is 5.62. The topological polar surface area (TPSA) is 0 Å². The molecule has 0 aliphatic rings. The normalized spacial score (nSPS) is 10.7. The SMILES string of the molecule is [CH2]CCCCCCCCCc1ccc(Br)cc1. The summed E-state index contributed by atoms with van der Waals surface area (Å²) < 4.78 is 1.17. The molecular formula is C16H24Br. The molecule has 0 bridgehead atoms. The molecule has 1 rings (SSSR count). The molecule has 0 saturated carbocycles. The number of unbranched alkanes of at least 4 members (excludes halogenated alkanes) is 7. The van der Waals surface area contributed by atoms with Crippen LogP contribution in [0.15, 0.2) is 28.7 Å². The molecule has 0 aromatic heterocycles. The fraction of sp³-hybridized carbons (Fsp3) is 0.562. The maximum atomic E-state index is 3.87. The lowest BCUT2D eigenvalue weighted by molar-refractivity contribution is 0.581. The minimum Gasteiger partial charge on any atom is -0.0579 e. The summed E-state index contributed by atoms with van der Waals surface area (Å²) in [5, 5.41) is 0. The Bertz CT molecular complexity index is 276. The van der Waals surface area contributed by atoms with Crippen molar-refractivity contribution in [1.82, 2.24) is 0 Å². The van der Waals surface area contributed by atoms with Crippen molar-refractivity contribution in [1.29, 1.82) is 0 Å². The lowest BCUT2D eigenvalue weighted by Crippen LogP contribution is -1.86. The van der Waals surface area contributed by atoms with Gasteiger partial charge in [0.05, 0.1) is 0 Å². The predicted octanol–water partition coefficient (Wildman–Crippen LogP) is 5.95. The molecule has 0 amide bonds. The summed E-state index contributed by atoms with van der Waals surface area (Å²) in [5.41, 5.74) is 1.46. The van der Waals surface area contributed by atoms with Crippen LogP contribution in [0.4, 0.5) is 0 Å². The van der Waals surface area contributed by atoms with Crippen molar-refractivity contribution in [3.05, 3.63) is 41.2 Å². The van der Waals surface area contributed by atoms with Crippen LogP contribution in [0.3, 0.4) is 0 Å². The summed E-state index contributed by atoms with van der Waals surface area (Å²) in [7, 11) is 0. The Balaban J connectivity index is 1.95. The molecule has 0 heterocycles. The summed E-state index contributed by atoms with van der Waals surface area (Å²) in [5.74, 6) is 0. The van der Waals surface area contributed by atoms with Crippen molar-refractivity contribution >= 4 is 15.9 Å². The first-order valence-electron chi connectivity index (χ1n) is 6.86. The van der Waals surface area contributed by atoms with E-state index in [9.17, 15) is 0 Å². The van der Waals surface area contributed by atoms with Crippen LogP contribution >= 0.6 is 15.9 Å². The summed E-state index contributed by atoms with van der Waals surface area (Å²) in [6.07, 6.45) is 11.9. The standard InChI is InChI=1S/C16H24Br/c1-2-3-4-5-6-7-8-9-10-15-11-13-16(17)14-12-15/h11-14H,1-10H2. The van der Waals surface area contributed by atoms with Gasteiger partial charge in [-0.25, -0.2) is 0 Å². The van der Waals surface area contributed by atoms with Crippen LogP contribution < -0.4 is 0 Å². The van der Waals surface area contributed by atoms with E-state index < -0.39 is 0 Å². The molecule has 1 aromatic carbocycles. The highest BCUT2D eigenvalue weighted by atomic mass is 79.9. The smallest absolute Gasteiger partial charge is 0.0175 e. The number of halogens is 1. The second-order valence-electron chi connectivity index (χ2n) is 4.70. The number of benzene rings is 1. The van der Waals surface area contributed by atoms with Gasteiger partial charge in [-0.3, -0.25) is 0 Å². The lowest BCUT2D eigenvalue weighted by Gasteiger charge is -2.02. The number of aryl methyl sites for hydroxylation is 1. The van der Waals surface area contributed by atoms with Crippen molar-refractivity contribution < 1.29 is 0 Å². The molecule has 0 saturated heterocycles. The van der Waals surface area contributed by atoms with Crippen molar-refractivity contribution in [2.24, 2.45) is 0 Å². The van der Waals surface area contributed by atoms with E-state index in [4.69, 9.17) is 0 Å². The monoisotopic (exact) mass is 295 g/mol. The number of rotatable bonds is 9. The van der Waals surface area contributed by atoms with Crippen LogP contribution in [0.2, 0.25) is 0 Å². The van der Waals surface area contributed by atoms with Crippen LogP contribution in [0.1, 0.15) is 56.9 Å². The van der Waals surface area contributed by atoms with Gasteiger partial charge in [-0.05, 0) is 30.5 Å². The molecule has 0 fully saturated rings. The van der Waals surface area contributed by atoms with E-state index in [0.717, 1.165) is 6.42 Å². The molecule has 0 spiro atoms. The molecular weight excluding hydrogens is 272 g/mol. The summed E-state index contributed by atoms with van der Waals surface area (Å²) in [6.45, 7) is 3.87. The summed E-state index contributed by atoms with van der Waals surface area (Å²) >= 11 is 3.46. The van der Waals surface area contributed by atoms with Gasteiger partial charge in [-0.1, -0.05) is 79.9 Å². The van der Waals surface area contributed by atoms with Gasteiger partial charge in [-0.2, -0.15) is 0 Å². The van der Waals surface area contributed by atoms with Crippen molar-refractivity contribution in [2.75, 3.05) is 0 Å². The van der Waals surface area contributed by atoms with E-state index in [2.05, 4.69) is 47.1 Å². The largest absolute Gasteiger partial charge is 0.0579 e. The average Bonchev–Trinajstić information content (AvgIpc) is 2.35. The number of hydrogen-bond acceptors (Lipinski definition) is 0. The maximum absolute atomic E-state index is 3.87. The first-order valence-corrected chi connectivity index (χ1v) is 7.66. The Morgan fingerprint density at radius 2 is 1.29 bits per heavy atom. The van der Waals surface area contributed by atoms with Crippen LogP contribution in [-0.2, 0) is 6.42 Å². The fourth-order valence-electron chi connectivity index (χ4n) is 2.04. The van der Waals surface area contributed by atoms with Gasteiger partial charge < -0.3 is 0 Å². The Morgan fingerprint density at radius 3 is 1.88 bits per heavy atom. The van der Waals surface area contributed by atoms with Gasteiger partial charge in [0.25, 0.3) is 0 Å². The van der Waals surface area contributed by atoms with Gasteiger partial charge in [0.15, 0.2) is 0 Å². The van der Waals surface area contributed by atoms with Gasteiger partial charge >= 0.3 is 0 Å². The van der Waals surface area contributed by atoms with Crippen molar-refractivity contribution in [3.8, 4) is 0 Å². The molecule has 0 atom stereocenters. The highest BCUT2D eigenvalue weighted by Crippen LogP contribution is 2.14. The molecule has 1 radical (unpaired) electrons. The third-order valence-electron chi connectivity index (χ3n) is 3.13. The third-order valence-corrected chi connectivity index (χ3v) is 3.66. The van der Waals surface area contributed by atoms with Crippen molar-refractivity contribution in [3.63, 3.8) is 0 Å². The Hall–Kier alpha value is -0.300. The molecule has 0 aliphatic carbocycles. The molecule has 95 valence electrons. The zero-order valence-electron chi connectivity index (χ0n) is 10.8. The zero-order valence-corrected chi connectivity index (χ0v) is 12.3. The van der Waals surface area contributed by atoms with E-state index in [1.165, 1.54) is 61.4 Å². The van der Waals surface area contributed by atoms with Crippen LogP contribution in [-0.4, -0.2) is 0 Å². The minimum absolute atomic E-state index is 1.10. The first-order chi connectivity index (χ1) is 8.33. The quantitative estimate of drug-likeness (QED) is 0.494. The van der Waals surface area contributed by atoms with Gasteiger partial charge in [0.1, 0.15) is 0 Å². The van der Waals surface area contributed by atoms with Gasteiger partial charge in [-0.15, -0.1) is 0 Å². The lowest BCUT2D eigenvalue weighted by atomic mass is 10.0. The highest BCUT2D eigenvalue weighted by molar-refractivity contribution is 9.10. The molecule has 0 unspecified atom stereocenters. The van der Waals surface area contributed by atoms with E-state index >= 15 is 0 Å². The third kappa shape index (κ3) is 7.59. The first kappa shape index (κ1) is 14.8. The average molecular weight is 296 g/mol. The second kappa shape index (κ2) is 9.70. The van der Waals surface area contributed by atoms with Crippen LogP contribution in [0, 0.1) is 6.92 Å². The maximum Gasteiger partial charge on any atom is 0.0175 e. The molecule has 0 aliphatic heterocycles. The van der Waals surface area contributed by atoms with E-state index in [1.54, 1.807) is 0 Å². The Kier molecular flexibility index (Phi) is 8.42. The zero-order chi connectivity index (χ0) is 12.3. The van der Waals surface area contributed by atoms with E-state index in [-0.39, 0.29) is 0 Å². The molecule has 0 N–H and O–H groups in total. The van der Waals surface area contributed by atoms with Crippen LogP contribution in [0.25, 0.3) is 0 Å². The molecule has 17 heavy (non-hydrogen) atoms. The van der Waals surface area contributed by atoms with Crippen molar-refractivity contribution in [2.45, 2.75) is 57.8 Å². The molecule has 1 aromatic rings. The van der Waals surface area contributed by atoms with E-state index in [0.29, 0.717) is 0 Å². The summed E-state index contributed by atoms with van der Waals surface area (Å²) in [6, 6.07) is 8.71. The van der Waals surface area contributed by atoms with Gasteiger partial charge in [0, 0.05) is 4.47 Å². The Labute approximate surface area is 115 Å². The minimum atomic E-state index is 1.10. The predicted molar refractivity (Wildman–Crippen MR) is 80.1 cm³/mol. The molecule has 1 heteroatoms. The Morgan fingerprint density at radius 1 is 0.765 bits per heavy atom. The van der Waals surface area contributed by atoms with E-state index in [1.807, 2.05) is 0 Å². The number of hydrogen-bond donors (Lipinski definition) is 0.